The molecular formula is C12H26N2O3S. The number of methoxy groups -OCH3 is 1. The monoisotopic (exact) mass is 278 g/mol. The highest BCUT2D eigenvalue weighted by atomic mass is 32.2. The molecule has 0 saturated carbocycles. The third kappa shape index (κ3) is 5.65. The molecule has 1 N–H and O–H groups in total. The first kappa shape index (κ1) is 15.9. The van der Waals surface area contributed by atoms with E-state index in [1.165, 1.54) is 4.31 Å². The Morgan fingerprint density at radius 1 is 1.33 bits per heavy atom. The van der Waals surface area contributed by atoms with Gasteiger partial charge in [-0.25, -0.2) is 12.7 Å². The van der Waals surface area contributed by atoms with Crippen molar-refractivity contribution >= 4 is 10.0 Å². The first-order valence-electron chi connectivity index (χ1n) is 6.70. The van der Waals surface area contributed by atoms with E-state index in [0.29, 0.717) is 19.1 Å². The van der Waals surface area contributed by atoms with Crippen molar-refractivity contribution in [1.29, 1.82) is 0 Å². The predicted molar refractivity (Wildman–Crippen MR) is 73.1 cm³/mol. The SMILES string of the molecule is COCCCN(C)S(=O)(=O)CCC1CCNCC1. The van der Waals surface area contributed by atoms with E-state index in [1.807, 2.05) is 0 Å². The summed E-state index contributed by atoms with van der Waals surface area (Å²) in [6.07, 6.45) is 3.74. The summed E-state index contributed by atoms with van der Waals surface area (Å²) in [4.78, 5) is 0. The molecule has 1 aliphatic rings. The molecule has 1 fully saturated rings. The van der Waals surface area contributed by atoms with Crippen molar-refractivity contribution in [1.82, 2.24) is 9.62 Å². The summed E-state index contributed by atoms with van der Waals surface area (Å²) in [6, 6.07) is 0. The second kappa shape index (κ2) is 8.09. The van der Waals surface area contributed by atoms with Crippen LogP contribution in [0.4, 0.5) is 0 Å². The number of rotatable bonds is 8. The molecule has 1 heterocycles. The third-order valence-electron chi connectivity index (χ3n) is 3.54. The zero-order valence-corrected chi connectivity index (χ0v) is 12.3. The first-order chi connectivity index (χ1) is 8.56. The lowest BCUT2D eigenvalue weighted by atomic mass is 9.96. The van der Waals surface area contributed by atoms with E-state index in [2.05, 4.69) is 5.32 Å². The van der Waals surface area contributed by atoms with Crippen LogP contribution in [0.25, 0.3) is 0 Å². The lowest BCUT2D eigenvalue weighted by Crippen LogP contribution is -2.33. The van der Waals surface area contributed by atoms with Crippen molar-refractivity contribution in [3.63, 3.8) is 0 Å². The summed E-state index contributed by atoms with van der Waals surface area (Å²) in [7, 11) is 0.208. The van der Waals surface area contributed by atoms with Gasteiger partial charge in [0.15, 0.2) is 0 Å². The van der Waals surface area contributed by atoms with Crippen molar-refractivity contribution < 1.29 is 13.2 Å². The smallest absolute Gasteiger partial charge is 0.213 e. The molecule has 0 amide bonds. The van der Waals surface area contributed by atoms with Crippen molar-refractivity contribution in [3.05, 3.63) is 0 Å². The number of hydrogen-bond acceptors (Lipinski definition) is 4. The van der Waals surface area contributed by atoms with Gasteiger partial charge in [0.25, 0.3) is 0 Å². The van der Waals surface area contributed by atoms with Crippen LogP contribution < -0.4 is 5.32 Å². The summed E-state index contributed by atoms with van der Waals surface area (Å²) < 4.78 is 30.5. The van der Waals surface area contributed by atoms with Gasteiger partial charge in [0, 0.05) is 27.3 Å². The molecule has 0 aromatic heterocycles. The topological polar surface area (TPSA) is 58.6 Å². The van der Waals surface area contributed by atoms with E-state index < -0.39 is 10.0 Å². The normalized spacial score (nSPS) is 18.4. The molecule has 0 aromatic carbocycles. The number of hydrogen-bond donors (Lipinski definition) is 1. The Balaban J connectivity index is 2.28. The minimum atomic E-state index is -3.08. The minimum absolute atomic E-state index is 0.279. The maximum atomic E-state index is 12.0. The molecule has 6 heteroatoms. The van der Waals surface area contributed by atoms with Crippen LogP contribution in [0.3, 0.4) is 0 Å². The summed E-state index contributed by atoms with van der Waals surface area (Å²) in [5.74, 6) is 0.842. The average molecular weight is 278 g/mol. The van der Waals surface area contributed by atoms with E-state index >= 15 is 0 Å². The number of nitrogens with zero attached hydrogens (tertiary/aromatic N) is 1. The first-order valence-corrected chi connectivity index (χ1v) is 8.31. The maximum Gasteiger partial charge on any atom is 0.213 e. The van der Waals surface area contributed by atoms with Gasteiger partial charge in [-0.05, 0) is 44.7 Å². The molecule has 0 aliphatic carbocycles. The van der Waals surface area contributed by atoms with Crippen molar-refractivity contribution in [2.75, 3.05) is 46.2 Å². The van der Waals surface area contributed by atoms with Gasteiger partial charge in [0.05, 0.1) is 5.75 Å². The van der Waals surface area contributed by atoms with Gasteiger partial charge in [-0.1, -0.05) is 0 Å². The van der Waals surface area contributed by atoms with Crippen LogP contribution in [-0.2, 0) is 14.8 Å². The minimum Gasteiger partial charge on any atom is -0.385 e. The quantitative estimate of drug-likeness (QED) is 0.663. The molecule has 108 valence electrons. The Hall–Kier alpha value is -0.170. The van der Waals surface area contributed by atoms with E-state index in [-0.39, 0.29) is 5.75 Å². The standard InChI is InChI=1S/C12H26N2O3S/c1-14(9-3-10-17-2)18(15,16)11-6-12-4-7-13-8-5-12/h12-13H,3-11H2,1-2H3. The van der Waals surface area contributed by atoms with Gasteiger partial charge >= 0.3 is 0 Å². The van der Waals surface area contributed by atoms with Crippen LogP contribution in [-0.4, -0.2) is 58.9 Å². The van der Waals surface area contributed by atoms with Crippen LogP contribution in [0, 0.1) is 5.92 Å². The fourth-order valence-corrected chi connectivity index (χ4v) is 3.56. The zero-order chi connectivity index (χ0) is 13.4. The molecule has 5 nitrogen and oxygen atoms in total. The molecule has 18 heavy (non-hydrogen) atoms. The number of nitrogens with one attached hydrogen (secondary N) is 1. The average Bonchev–Trinajstić information content (AvgIpc) is 2.38. The largest absolute Gasteiger partial charge is 0.385 e. The lowest BCUT2D eigenvalue weighted by molar-refractivity contribution is 0.189. The van der Waals surface area contributed by atoms with Gasteiger partial charge in [0.1, 0.15) is 0 Å². The van der Waals surface area contributed by atoms with Gasteiger partial charge in [0.2, 0.25) is 10.0 Å². The number of sulfonamides is 1. The molecule has 1 saturated heterocycles. The van der Waals surface area contributed by atoms with Crippen LogP contribution in [0.2, 0.25) is 0 Å². The third-order valence-corrected chi connectivity index (χ3v) is 5.42. The highest BCUT2D eigenvalue weighted by Gasteiger charge is 2.21. The summed E-state index contributed by atoms with van der Waals surface area (Å²) in [5.41, 5.74) is 0. The van der Waals surface area contributed by atoms with Crippen LogP contribution in [0.5, 0.6) is 0 Å². The molecule has 0 atom stereocenters. The molecule has 0 bridgehead atoms. The molecule has 1 rings (SSSR count). The molecule has 1 aliphatic heterocycles. The van der Waals surface area contributed by atoms with Gasteiger partial charge in [-0.3, -0.25) is 0 Å². The van der Waals surface area contributed by atoms with Crippen LogP contribution >= 0.6 is 0 Å². The fraction of sp³-hybridized carbons (Fsp3) is 1.00. The highest BCUT2D eigenvalue weighted by Crippen LogP contribution is 2.17. The summed E-state index contributed by atoms with van der Waals surface area (Å²) in [6.45, 7) is 3.19. The molecule has 0 unspecified atom stereocenters. The predicted octanol–water partition coefficient (Wildman–Crippen LogP) is 0.674. The van der Waals surface area contributed by atoms with Gasteiger partial charge in [-0.2, -0.15) is 0 Å². The van der Waals surface area contributed by atoms with E-state index in [4.69, 9.17) is 4.74 Å². The van der Waals surface area contributed by atoms with Crippen LogP contribution in [0.15, 0.2) is 0 Å². The summed E-state index contributed by atoms with van der Waals surface area (Å²) in [5, 5.41) is 3.30. The Labute approximate surface area is 111 Å². The maximum absolute atomic E-state index is 12.0. The molecule has 0 spiro atoms. The number of ether oxygens (including phenoxy) is 1. The van der Waals surface area contributed by atoms with Crippen molar-refractivity contribution in [3.8, 4) is 0 Å². The Morgan fingerprint density at radius 2 is 2.00 bits per heavy atom. The molecular weight excluding hydrogens is 252 g/mol. The van der Waals surface area contributed by atoms with Crippen molar-refractivity contribution in [2.45, 2.75) is 25.7 Å². The second-order valence-electron chi connectivity index (χ2n) is 4.97. The van der Waals surface area contributed by atoms with E-state index in [9.17, 15) is 8.42 Å². The zero-order valence-electron chi connectivity index (χ0n) is 11.5. The number of piperidine rings is 1. The van der Waals surface area contributed by atoms with E-state index in [1.54, 1.807) is 14.2 Å². The van der Waals surface area contributed by atoms with E-state index in [0.717, 1.165) is 38.8 Å². The summed E-state index contributed by atoms with van der Waals surface area (Å²) >= 11 is 0. The van der Waals surface area contributed by atoms with Crippen LogP contribution in [0.1, 0.15) is 25.7 Å². The Morgan fingerprint density at radius 3 is 2.61 bits per heavy atom. The molecule has 0 aromatic rings. The van der Waals surface area contributed by atoms with Gasteiger partial charge < -0.3 is 10.1 Å². The Bertz CT molecular complexity index is 313. The highest BCUT2D eigenvalue weighted by molar-refractivity contribution is 7.89. The lowest BCUT2D eigenvalue weighted by Gasteiger charge is -2.23. The Kier molecular flexibility index (Phi) is 7.14. The fourth-order valence-electron chi connectivity index (χ4n) is 2.21. The molecule has 0 radical (unpaired) electrons. The van der Waals surface area contributed by atoms with Gasteiger partial charge in [-0.15, -0.1) is 0 Å². The van der Waals surface area contributed by atoms with Crippen molar-refractivity contribution in [2.24, 2.45) is 5.92 Å². The second-order valence-corrected chi connectivity index (χ2v) is 7.16.